The van der Waals surface area contributed by atoms with E-state index in [1.54, 1.807) is 0 Å². The predicted octanol–water partition coefficient (Wildman–Crippen LogP) is 4.35. The molecule has 0 radical (unpaired) electrons. The van der Waals surface area contributed by atoms with Gasteiger partial charge in [0.05, 0.1) is 0 Å². The van der Waals surface area contributed by atoms with E-state index in [2.05, 4.69) is 20.9 Å². The van der Waals surface area contributed by atoms with E-state index in [0.717, 1.165) is 15.6 Å². The molecule has 0 saturated heterocycles. The number of aromatic nitrogens is 1. The average molecular weight is 358 g/mol. The largest absolute Gasteiger partial charge is 0.458 e. The summed E-state index contributed by atoms with van der Waals surface area (Å²) < 4.78 is 11.6. The van der Waals surface area contributed by atoms with Gasteiger partial charge < -0.3 is 9.15 Å². The highest BCUT2D eigenvalue weighted by atomic mass is 79.9. The fraction of sp³-hybridized carbons (Fsp3) is 0.0588. The van der Waals surface area contributed by atoms with E-state index in [0.29, 0.717) is 11.5 Å². The molecule has 0 aliphatic carbocycles. The normalized spacial score (nSPS) is 11.1. The first-order valence-electron chi connectivity index (χ1n) is 6.66. The Morgan fingerprint density at radius 1 is 1.18 bits per heavy atom. The van der Waals surface area contributed by atoms with Gasteiger partial charge in [-0.25, -0.2) is 9.78 Å². The molecule has 0 fully saturated rings. The summed E-state index contributed by atoms with van der Waals surface area (Å²) in [4.78, 5) is 16.0. The Hall–Kier alpha value is -2.40. The zero-order chi connectivity index (χ0) is 15.4. The van der Waals surface area contributed by atoms with Gasteiger partial charge >= 0.3 is 5.97 Å². The maximum atomic E-state index is 11.7. The minimum Gasteiger partial charge on any atom is -0.458 e. The first kappa shape index (κ1) is 14.5. The molecule has 3 rings (SSSR count). The quantitative estimate of drug-likeness (QED) is 0.514. The molecule has 5 heteroatoms. The number of ether oxygens (including phenoxy) is 1. The molecular formula is C17H12BrNO3. The van der Waals surface area contributed by atoms with Gasteiger partial charge in [-0.2, -0.15) is 0 Å². The van der Waals surface area contributed by atoms with Crippen molar-refractivity contribution in [3.63, 3.8) is 0 Å². The molecule has 0 N–H and O–H groups in total. The van der Waals surface area contributed by atoms with Crippen molar-refractivity contribution in [3.05, 3.63) is 70.5 Å². The number of esters is 1. The number of hydrogen-bond donors (Lipinski definition) is 0. The van der Waals surface area contributed by atoms with Crippen LogP contribution in [-0.2, 0) is 16.1 Å². The first-order valence-corrected chi connectivity index (χ1v) is 7.45. The van der Waals surface area contributed by atoms with Crippen LogP contribution < -0.4 is 0 Å². The van der Waals surface area contributed by atoms with Crippen molar-refractivity contribution in [2.75, 3.05) is 0 Å². The minimum atomic E-state index is -0.446. The summed E-state index contributed by atoms with van der Waals surface area (Å²) in [5.41, 5.74) is 2.35. The molecule has 0 saturated carbocycles. The summed E-state index contributed by atoms with van der Waals surface area (Å²) in [6.07, 6.45) is 2.81. The van der Waals surface area contributed by atoms with Gasteiger partial charge in [0.25, 0.3) is 0 Å². The zero-order valence-corrected chi connectivity index (χ0v) is 13.1. The van der Waals surface area contributed by atoms with Crippen LogP contribution in [0.1, 0.15) is 11.5 Å². The van der Waals surface area contributed by atoms with Crippen molar-refractivity contribution in [3.8, 4) is 0 Å². The van der Waals surface area contributed by atoms with Crippen LogP contribution in [0, 0.1) is 0 Å². The highest BCUT2D eigenvalue weighted by molar-refractivity contribution is 9.10. The number of rotatable bonds is 4. The number of oxazole rings is 1. The number of hydrogen-bond acceptors (Lipinski definition) is 4. The van der Waals surface area contributed by atoms with Gasteiger partial charge in [0.2, 0.25) is 5.89 Å². The van der Waals surface area contributed by atoms with E-state index in [1.807, 2.05) is 48.5 Å². The second-order valence-corrected chi connectivity index (χ2v) is 5.41. The summed E-state index contributed by atoms with van der Waals surface area (Å²) in [6, 6.07) is 15.0. The van der Waals surface area contributed by atoms with Crippen LogP contribution in [0.3, 0.4) is 0 Å². The minimum absolute atomic E-state index is 0.207. The van der Waals surface area contributed by atoms with E-state index >= 15 is 0 Å². The van der Waals surface area contributed by atoms with Crippen LogP contribution >= 0.6 is 15.9 Å². The Morgan fingerprint density at radius 3 is 2.77 bits per heavy atom. The fourth-order valence-corrected chi connectivity index (χ4v) is 2.31. The second kappa shape index (κ2) is 6.58. The molecule has 0 aliphatic heterocycles. The molecule has 0 spiro atoms. The highest BCUT2D eigenvalue weighted by Crippen LogP contribution is 2.17. The van der Waals surface area contributed by atoms with Gasteiger partial charge in [-0.3, -0.25) is 0 Å². The number of carbonyl (C=O) groups is 1. The van der Waals surface area contributed by atoms with Crippen molar-refractivity contribution in [1.82, 2.24) is 4.98 Å². The molecule has 2 aromatic carbocycles. The van der Waals surface area contributed by atoms with E-state index in [4.69, 9.17) is 9.15 Å². The molecule has 0 amide bonds. The number of carbonyl (C=O) groups excluding carboxylic acids is 1. The van der Waals surface area contributed by atoms with Crippen LogP contribution in [-0.4, -0.2) is 11.0 Å². The number of para-hydroxylation sites is 2. The third-order valence-electron chi connectivity index (χ3n) is 3.00. The third-order valence-corrected chi connectivity index (χ3v) is 3.77. The molecule has 0 bridgehead atoms. The van der Waals surface area contributed by atoms with Crippen molar-refractivity contribution in [1.29, 1.82) is 0 Å². The lowest BCUT2D eigenvalue weighted by atomic mass is 10.2. The Morgan fingerprint density at radius 2 is 1.95 bits per heavy atom. The first-order chi connectivity index (χ1) is 10.7. The Balaban J connectivity index is 1.62. The van der Waals surface area contributed by atoms with E-state index in [9.17, 15) is 4.79 Å². The smallest absolute Gasteiger partial charge is 0.331 e. The molecular weight excluding hydrogens is 346 g/mol. The number of benzene rings is 2. The predicted molar refractivity (Wildman–Crippen MR) is 87.0 cm³/mol. The molecule has 0 aliphatic rings. The van der Waals surface area contributed by atoms with Crippen molar-refractivity contribution >= 4 is 39.1 Å². The van der Waals surface area contributed by atoms with Gasteiger partial charge in [0, 0.05) is 22.2 Å². The van der Waals surface area contributed by atoms with Gasteiger partial charge in [-0.1, -0.05) is 46.3 Å². The summed E-state index contributed by atoms with van der Waals surface area (Å²) in [7, 11) is 0. The summed E-state index contributed by atoms with van der Waals surface area (Å²) >= 11 is 3.41. The lowest BCUT2D eigenvalue weighted by Crippen LogP contribution is -2.01. The summed E-state index contributed by atoms with van der Waals surface area (Å²) in [6.45, 7) is 0.207. The number of fused-ring (bicyclic) bond motifs is 1. The van der Waals surface area contributed by atoms with Crippen LogP contribution in [0.15, 0.2) is 63.5 Å². The molecule has 1 heterocycles. The lowest BCUT2D eigenvalue weighted by molar-refractivity contribution is -0.138. The standard InChI is InChI=1S/C17H12BrNO3/c18-13-6-2-1-5-12(13)11-21-17(20)10-9-16-19-14-7-3-4-8-15(14)22-16/h1-10H,11H2/b10-9+. The SMILES string of the molecule is O=C(/C=C/c1nc2ccccc2o1)OCc1ccccc1Br. The van der Waals surface area contributed by atoms with Crippen LogP contribution in [0.2, 0.25) is 0 Å². The maximum absolute atomic E-state index is 11.7. The summed E-state index contributed by atoms with van der Waals surface area (Å²) in [5, 5.41) is 0. The molecule has 1 aromatic heterocycles. The highest BCUT2D eigenvalue weighted by Gasteiger charge is 2.04. The fourth-order valence-electron chi connectivity index (χ4n) is 1.91. The van der Waals surface area contributed by atoms with Crippen LogP contribution in [0.25, 0.3) is 17.2 Å². The van der Waals surface area contributed by atoms with Crippen LogP contribution in [0.4, 0.5) is 0 Å². The molecule has 3 aromatic rings. The Kier molecular flexibility index (Phi) is 4.34. The molecule has 0 unspecified atom stereocenters. The molecule has 0 atom stereocenters. The number of nitrogens with zero attached hydrogens (tertiary/aromatic N) is 1. The van der Waals surface area contributed by atoms with Gasteiger partial charge in [-0.15, -0.1) is 0 Å². The zero-order valence-electron chi connectivity index (χ0n) is 11.5. The van der Waals surface area contributed by atoms with E-state index in [1.165, 1.54) is 12.2 Å². The van der Waals surface area contributed by atoms with Gasteiger partial charge in [0.1, 0.15) is 12.1 Å². The number of halogens is 1. The molecule has 22 heavy (non-hydrogen) atoms. The van der Waals surface area contributed by atoms with Crippen molar-refractivity contribution in [2.24, 2.45) is 0 Å². The topological polar surface area (TPSA) is 52.3 Å². The second-order valence-electron chi connectivity index (χ2n) is 4.55. The lowest BCUT2D eigenvalue weighted by Gasteiger charge is -2.03. The summed E-state index contributed by atoms with van der Waals surface area (Å²) in [5.74, 6) is -0.0722. The van der Waals surface area contributed by atoms with Gasteiger partial charge in [0.15, 0.2) is 5.58 Å². The van der Waals surface area contributed by atoms with Crippen LogP contribution in [0.5, 0.6) is 0 Å². The third kappa shape index (κ3) is 3.43. The average Bonchev–Trinajstić information content (AvgIpc) is 2.95. The monoisotopic (exact) mass is 357 g/mol. The van der Waals surface area contributed by atoms with E-state index < -0.39 is 5.97 Å². The maximum Gasteiger partial charge on any atom is 0.331 e. The molecule has 110 valence electrons. The van der Waals surface area contributed by atoms with Crippen molar-refractivity contribution in [2.45, 2.75) is 6.61 Å². The van der Waals surface area contributed by atoms with E-state index in [-0.39, 0.29) is 6.61 Å². The Bertz CT molecular complexity index is 806. The van der Waals surface area contributed by atoms with Gasteiger partial charge in [-0.05, 0) is 18.2 Å². The Labute approximate surface area is 135 Å². The van der Waals surface area contributed by atoms with Crippen molar-refractivity contribution < 1.29 is 13.9 Å². The molecule has 4 nitrogen and oxygen atoms in total.